The van der Waals surface area contributed by atoms with Gasteiger partial charge in [0.2, 0.25) is 0 Å². The molecule has 0 fully saturated rings. The van der Waals surface area contributed by atoms with E-state index in [-0.39, 0.29) is 5.76 Å². The van der Waals surface area contributed by atoms with Gasteiger partial charge in [-0.05, 0) is 30.0 Å². The van der Waals surface area contributed by atoms with Crippen LogP contribution in [0.4, 0.5) is 0 Å². The van der Waals surface area contributed by atoms with Gasteiger partial charge in [-0.3, -0.25) is 20.4 Å². The first-order chi connectivity index (χ1) is 15.6. The largest absolute Gasteiger partial charge is 0.451 e. The average molecular weight is 468 g/mol. The normalized spacial score (nSPS) is 10.9. The molecule has 8 nitrogen and oxygen atoms in total. The molecule has 2 heterocycles. The van der Waals surface area contributed by atoms with E-state index in [2.05, 4.69) is 21.0 Å². The summed E-state index contributed by atoms with van der Waals surface area (Å²) in [6, 6.07) is 14.7. The molecule has 0 radical (unpaired) electrons. The Balaban J connectivity index is 1.37. The predicted octanol–water partition coefficient (Wildman–Crippen LogP) is 3.79. The second-order valence-corrected chi connectivity index (χ2v) is 8.77. The van der Waals surface area contributed by atoms with Gasteiger partial charge in [0.15, 0.2) is 10.9 Å². The summed E-state index contributed by atoms with van der Waals surface area (Å²) in [6.45, 7) is 0. The fourth-order valence-electron chi connectivity index (χ4n) is 3.12. The number of amides is 2. The monoisotopic (exact) mass is 467 g/mol. The number of hydrazine groups is 1. The van der Waals surface area contributed by atoms with Gasteiger partial charge in [-0.1, -0.05) is 42.1 Å². The third kappa shape index (κ3) is 4.81. The number of rotatable bonds is 7. The Bertz CT molecular complexity index is 1250. The van der Waals surface area contributed by atoms with E-state index in [4.69, 9.17) is 4.42 Å². The van der Waals surface area contributed by atoms with Crippen molar-refractivity contribution in [3.63, 3.8) is 0 Å². The number of aryl methyl sites for hydroxylation is 1. The number of para-hydroxylation sites is 1. The van der Waals surface area contributed by atoms with E-state index < -0.39 is 11.8 Å². The second-order valence-electron chi connectivity index (χ2n) is 6.96. The summed E-state index contributed by atoms with van der Waals surface area (Å²) in [7, 11) is 1.89. The topological polar surface area (TPSA) is 102 Å². The first-order valence-corrected chi connectivity index (χ1v) is 12.1. The third-order valence-electron chi connectivity index (χ3n) is 4.74. The molecule has 0 saturated heterocycles. The first-order valence-electron chi connectivity index (χ1n) is 9.72. The molecule has 2 amide bonds. The lowest BCUT2D eigenvalue weighted by Crippen LogP contribution is -2.41. The summed E-state index contributed by atoms with van der Waals surface area (Å²) in [5.74, 6) is 0.637. The lowest BCUT2D eigenvalue weighted by atomic mass is 10.1. The van der Waals surface area contributed by atoms with Crippen LogP contribution >= 0.6 is 23.5 Å². The fourth-order valence-corrected chi connectivity index (χ4v) is 4.53. The van der Waals surface area contributed by atoms with Gasteiger partial charge >= 0.3 is 5.91 Å². The van der Waals surface area contributed by atoms with Crippen LogP contribution in [0.5, 0.6) is 0 Å². The number of carbonyl (C=O) groups excluding carboxylic acids is 2. The number of aromatic nitrogens is 3. The van der Waals surface area contributed by atoms with Crippen molar-refractivity contribution in [1.82, 2.24) is 25.6 Å². The number of hydrogen-bond acceptors (Lipinski definition) is 7. The third-order valence-corrected chi connectivity index (χ3v) is 6.42. The Kier molecular flexibility index (Phi) is 6.81. The van der Waals surface area contributed by atoms with Gasteiger partial charge in [0.1, 0.15) is 11.9 Å². The van der Waals surface area contributed by atoms with Crippen LogP contribution in [0.15, 0.2) is 64.4 Å². The SMILES string of the molecule is CSCc1c(C(=O)NNC(=O)c2ccc(CSc3nncn3C)cc2)oc2ccccc12. The van der Waals surface area contributed by atoms with Crippen molar-refractivity contribution >= 4 is 46.3 Å². The molecule has 4 rings (SSSR count). The molecule has 164 valence electrons. The number of fused-ring (bicyclic) bond motifs is 1. The van der Waals surface area contributed by atoms with E-state index in [1.165, 1.54) is 0 Å². The van der Waals surface area contributed by atoms with E-state index in [0.717, 1.165) is 21.7 Å². The number of carbonyl (C=O) groups is 2. The van der Waals surface area contributed by atoms with Crippen molar-refractivity contribution in [2.45, 2.75) is 16.7 Å². The zero-order valence-electron chi connectivity index (χ0n) is 17.5. The van der Waals surface area contributed by atoms with Crippen molar-refractivity contribution in [3.05, 3.63) is 77.3 Å². The predicted molar refractivity (Wildman–Crippen MR) is 125 cm³/mol. The maximum absolute atomic E-state index is 12.7. The molecule has 0 aliphatic carbocycles. The van der Waals surface area contributed by atoms with Crippen LogP contribution in [0.2, 0.25) is 0 Å². The molecule has 0 saturated carbocycles. The summed E-state index contributed by atoms with van der Waals surface area (Å²) in [5.41, 5.74) is 7.85. The standard InChI is InChI=1S/C22H21N5O3S2/c1-27-13-23-26-22(27)32-11-14-7-9-15(10-8-14)20(28)24-25-21(29)19-17(12-31-2)16-5-3-4-6-18(16)30-19/h3-10,13H,11-12H2,1-2H3,(H,24,28)(H,25,29). The fraction of sp³-hybridized carbons (Fsp3) is 0.182. The van der Waals surface area contributed by atoms with Gasteiger partial charge in [-0.15, -0.1) is 10.2 Å². The highest BCUT2D eigenvalue weighted by Crippen LogP contribution is 2.28. The molecular weight excluding hydrogens is 446 g/mol. The quantitative estimate of drug-likeness (QED) is 0.315. The van der Waals surface area contributed by atoms with E-state index in [1.54, 1.807) is 42.0 Å². The van der Waals surface area contributed by atoms with E-state index >= 15 is 0 Å². The Labute approximate surface area is 193 Å². The molecule has 4 aromatic rings. The number of hydrogen-bond donors (Lipinski definition) is 2. The Morgan fingerprint density at radius 1 is 1.03 bits per heavy atom. The first kappa shape index (κ1) is 22.0. The molecule has 2 aromatic carbocycles. The van der Waals surface area contributed by atoms with Crippen LogP contribution in [0, 0.1) is 0 Å². The number of nitrogens with one attached hydrogen (secondary N) is 2. The molecule has 2 N–H and O–H groups in total. The molecule has 0 aliphatic rings. The molecule has 0 atom stereocenters. The van der Waals surface area contributed by atoms with Crippen LogP contribution in [0.25, 0.3) is 11.0 Å². The number of furan rings is 1. The van der Waals surface area contributed by atoms with Gasteiger partial charge in [0.05, 0.1) is 0 Å². The summed E-state index contributed by atoms with van der Waals surface area (Å²) < 4.78 is 7.59. The number of benzene rings is 2. The maximum Gasteiger partial charge on any atom is 0.305 e. The Morgan fingerprint density at radius 2 is 1.78 bits per heavy atom. The van der Waals surface area contributed by atoms with Crippen LogP contribution in [-0.4, -0.2) is 32.8 Å². The molecular formula is C22H21N5O3S2. The Hall–Kier alpha value is -3.24. The van der Waals surface area contributed by atoms with Crippen LogP contribution in [-0.2, 0) is 18.6 Å². The highest BCUT2D eigenvalue weighted by Gasteiger charge is 2.20. The summed E-state index contributed by atoms with van der Waals surface area (Å²) in [6.07, 6.45) is 3.61. The molecule has 2 aromatic heterocycles. The van der Waals surface area contributed by atoms with Crippen molar-refractivity contribution in [3.8, 4) is 0 Å². The minimum atomic E-state index is -0.490. The van der Waals surface area contributed by atoms with Gasteiger partial charge in [-0.2, -0.15) is 11.8 Å². The molecule has 0 bridgehead atoms. The summed E-state index contributed by atoms with van der Waals surface area (Å²) in [5, 5.41) is 9.61. The van der Waals surface area contributed by atoms with Gasteiger partial charge in [0, 0.05) is 35.1 Å². The summed E-state index contributed by atoms with van der Waals surface area (Å²) >= 11 is 3.15. The van der Waals surface area contributed by atoms with Gasteiger partial charge in [0.25, 0.3) is 5.91 Å². The van der Waals surface area contributed by atoms with Crippen molar-refractivity contribution in [2.24, 2.45) is 7.05 Å². The smallest absolute Gasteiger partial charge is 0.305 e. The highest BCUT2D eigenvalue weighted by atomic mass is 32.2. The van der Waals surface area contributed by atoms with Crippen LogP contribution < -0.4 is 10.9 Å². The molecule has 0 spiro atoms. The lowest BCUT2D eigenvalue weighted by molar-refractivity contribution is 0.0831. The molecule has 0 unspecified atom stereocenters. The van der Waals surface area contributed by atoms with Gasteiger partial charge in [-0.25, -0.2) is 0 Å². The van der Waals surface area contributed by atoms with Crippen LogP contribution in [0.3, 0.4) is 0 Å². The van der Waals surface area contributed by atoms with Gasteiger partial charge < -0.3 is 8.98 Å². The molecule has 32 heavy (non-hydrogen) atoms. The maximum atomic E-state index is 12.7. The van der Waals surface area contributed by atoms with Crippen molar-refractivity contribution in [2.75, 3.05) is 6.26 Å². The Morgan fingerprint density at radius 3 is 2.50 bits per heavy atom. The minimum absolute atomic E-state index is 0.206. The number of nitrogens with zero attached hydrogens (tertiary/aromatic N) is 3. The minimum Gasteiger partial charge on any atom is -0.451 e. The zero-order valence-corrected chi connectivity index (χ0v) is 19.1. The van der Waals surface area contributed by atoms with Crippen molar-refractivity contribution < 1.29 is 14.0 Å². The highest BCUT2D eigenvalue weighted by molar-refractivity contribution is 7.98. The van der Waals surface area contributed by atoms with E-state index in [1.807, 2.05) is 54.3 Å². The second kappa shape index (κ2) is 9.92. The molecule has 10 heteroatoms. The number of thioether (sulfide) groups is 2. The summed E-state index contributed by atoms with van der Waals surface area (Å²) in [4.78, 5) is 25.2. The molecule has 0 aliphatic heterocycles. The van der Waals surface area contributed by atoms with Crippen molar-refractivity contribution in [1.29, 1.82) is 0 Å². The lowest BCUT2D eigenvalue weighted by Gasteiger charge is -2.08. The van der Waals surface area contributed by atoms with Crippen LogP contribution in [0.1, 0.15) is 32.0 Å². The average Bonchev–Trinajstić information content (AvgIpc) is 3.40. The zero-order chi connectivity index (χ0) is 22.5. The van der Waals surface area contributed by atoms with E-state index in [0.29, 0.717) is 22.7 Å². The van der Waals surface area contributed by atoms with E-state index in [9.17, 15) is 9.59 Å².